The Bertz CT molecular complexity index is 2640. The van der Waals surface area contributed by atoms with Crippen LogP contribution in [0.2, 0.25) is 0 Å². The molecule has 4 aromatic carbocycles. The topological polar surface area (TPSA) is 207 Å². The molecular formula is C63H87N7O7. The number of rotatable bonds is 21. The quantitative estimate of drug-likeness (QED) is 0.0634. The van der Waals surface area contributed by atoms with Gasteiger partial charge in [0.2, 0.25) is 35.7 Å². The van der Waals surface area contributed by atoms with E-state index in [0.29, 0.717) is 62.3 Å². The summed E-state index contributed by atoms with van der Waals surface area (Å²) >= 11 is 0. The molecule has 416 valence electrons. The summed E-state index contributed by atoms with van der Waals surface area (Å²) in [5.74, 6) is -2.57. The normalized spacial score (nSPS) is 17.6. The van der Waals surface area contributed by atoms with E-state index in [1.807, 2.05) is 142 Å². The predicted octanol–water partition coefficient (Wildman–Crippen LogP) is 10.6. The zero-order chi connectivity index (χ0) is 56.6. The number of carbonyl (C=O) groups is 6. The van der Waals surface area contributed by atoms with Crippen LogP contribution in [0.15, 0.2) is 114 Å². The number of ether oxygens (including phenoxy) is 1. The fourth-order valence-corrected chi connectivity index (χ4v) is 10.1. The molecule has 14 heteroatoms. The lowest BCUT2D eigenvalue weighted by Gasteiger charge is -2.30. The molecule has 6 amide bonds. The second kappa shape index (κ2) is 28.0. The van der Waals surface area contributed by atoms with Crippen molar-refractivity contribution < 1.29 is 33.5 Å². The van der Waals surface area contributed by atoms with Gasteiger partial charge in [-0.25, -0.2) is 4.99 Å². The van der Waals surface area contributed by atoms with Crippen molar-refractivity contribution in [3.05, 3.63) is 126 Å². The van der Waals surface area contributed by atoms with Crippen molar-refractivity contribution in [3.63, 3.8) is 0 Å². The highest BCUT2D eigenvalue weighted by molar-refractivity contribution is 6.20. The third-order valence-corrected chi connectivity index (χ3v) is 14.3. The number of benzene rings is 4. The molecule has 2 aliphatic rings. The van der Waals surface area contributed by atoms with Crippen LogP contribution in [0, 0.1) is 46.3 Å². The van der Waals surface area contributed by atoms with Crippen molar-refractivity contribution in [1.29, 1.82) is 0 Å². The van der Waals surface area contributed by atoms with Gasteiger partial charge in [0.05, 0.1) is 11.4 Å². The summed E-state index contributed by atoms with van der Waals surface area (Å²) in [6, 6.07) is 33.9. The molecule has 0 bridgehead atoms. The average Bonchev–Trinajstić information content (AvgIpc) is 3.61. The monoisotopic (exact) mass is 1050 g/mol. The highest BCUT2D eigenvalue weighted by Gasteiger charge is 2.39. The number of nitrogens with zero attached hydrogens (tertiary/aromatic N) is 3. The first-order chi connectivity index (χ1) is 36.3. The van der Waals surface area contributed by atoms with Crippen LogP contribution < -0.4 is 31.7 Å². The fourth-order valence-electron chi connectivity index (χ4n) is 10.1. The van der Waals surface area contributed by atoms with Gasteiger partial charge in [0.1, 0.15) is 17.5 Å². The zero-order valence-corrected chi connectivity index (χ0v) is 47.6. The van der Waals surface area contributed by atoms with Gasteiger partial charge in [-0.1, -0.05) is 148 Å². The highest BCUT2D eigenvalue weighted by atomic mass is 16.5. The number of benzodiazepines with no additional fused rings is 1. The number of likely N-dealkylation sites (tertiary alicyclic amines) is 1. The van der Waals surface area contributed by atoms with Gasteiger partial charge in [0.25, 0.3) is 5.91 Å². The minimum Gasteiger partial charge on any atom is -0.457 e. The summed E-state index contributed by atoms with van der Waals surface area (Å²) in [5, 5.41) is 5.93. The first kappa shape index (κ1) is 61.0. The number of nitrogens with one attached hydrogen (secondary N) is 2. The molecule has 0 aliphatic carbocycles. The molecule has 2 heterocycles. The first-order valence-corrected chi connectivity index (χ1v) is 27.6. The largest absolute Gasteiger partial charge is 0.457 e. The van der Waals surface area contributed by atoms with E-state index in [0.717, 1.165) is 48.1 Å². The molecule has 14 nitrogen and oxygen atoms in total. The maximum atomic E-state index is 13.7. The number of anilines is 1. The van der Waals surface area contributed by atoms with E-state index in [4.69, 9.17) is 21.2 Å². The van der Waals surface area contributed by atoms with Crippen LogP contribution in [0.25, 0.3) is 0 Å². The van der Waals surface area contributed by atoms with Crippen LogP contribution in [-0.2, 0) is 35.3 Å². The number of carbonyl (C=O) groups excluding carboxylic acids is 6. The summed E-state index contributed by atoms with van der Waals surface area (Å²) in [5.41, 5.74) is 15.6. The van der Waals surface area contributed by atoms with Gasteiger partial charge in [-0.2, -0.15) is 0 Å². The van der Waals surface area contributed by atoms with E-state index in [9.17, 15) is 28.8 Å². The molecule has 6 N–H and O–H groups in total. The van der Waals surface area contributed by atoms with Gasteiger partial charge in [-0.05, 0) is 116 Å². The third kappa shape index (κ3) is 18.7. The Labute approximate surface area is 458 Å². The molecule has 0 aromatic heterocycles. The molecule has 77 heavy (non-hydrogen) atoms. The second-order valence-corrected chi connectivity index (χ2v) is 24.2. The van der Waals surface area contributed by atoms with Gasteiger partial charge in [-0.3, -0.25) is 28.8 Å². The van der Waals surface area contributed by atoms with Crippen molar-refractivity contribution in [1.82, 2.24) is 15.5 Å². The second-order valence-electron chi connectivity index (χ2n) is 24.2. The lowest BCUT2D eigenvalue weighted by atomic mass is 9.78. The number of primary amides is 2. The Hall–Kier alpha value is -6.83. The maximum Gasteiger partial charge on any atom is 0.272 e. The number of likely N-dealkylation sites (N-methyl/N-ethyl adjacent to an activating group) is 1. The molecule has 6 rings (SSSR count). The molecular weight excluding hydrogens is 967 g/mol. The van der Waals surface area contributed by atoms with Gasteiger partial charge < -0.3 is 36.6 Å². The Morgan fingerprint density at radius 1 is 0.649 bits per heavy atom. The van der Waals surface area contributed by atoms with E-state index < -0.39 is 47.7 Å². The number of hydrogen-bond donors (Lipinski definition) is 4. The molecule has 1 saturated heterocycles. The molecule has 2 aliphatic heterocycles. The number of nitrogens with two attached hydrogens (primary N) is 2. The molecule has 4 aromatic rings. The van der Waals surface area contributed by atoms with E-state index >= 15 is 0 Å². The van der Waals surface area contributed by atoms with E-state index in [1.54, 1.807) is 7.05 Å². The number of para-hydroxylation sites is 2. The van der Waals surface area contributed by atoms with Crippen LogP contribution in [-0.4, -0.2) is 71.9 Å². The van der Waals surface area contributed by atoms with E-state index in [2.05, 4.69) is 52.2 Å². The van der Waals surface area contributed by atoms with Crippen LogP contribution in [0.4, 0.5) is 5.69 Å². The van der Waals surface area contributed by atoms with Gasteiger partial charge in [0, 0.05) is 54.9 Å². The van der Waals surface area contributed by atoms with Crippen LogP contribution in [0.5, 0.6) is 11.5 Å². The predicted molar refractivity (Wildman–Crippen MR) is 307 cm³/mol. The first-order valence-electron chi connectivity index (χ1n) is 27.6. The van der Waals surface area contributed by atoms with Crippen molar-refractivity contribution in [2.24, 2.45) is 62.8 Å². The molecule has 3 unspecified atom stereocenters. The third-order valence-electron chi connectivity index (χ3n) is 14.3. The summed E-state index contributed by atoms with van der Waals surface area (Å²) in [6.07, 6.45) is 4.76. The van der Waals surface area contributed by atoms with Crippen molar-refractivity contribution in [2.75, 3.05) is 18.5 Å². The number of amides is 6. The standard InChI is InChI=1S/C33H47N3O4.C30H40N4O3/c1-23(2)20-28(27(30(34)37)17-18-33(3,4)5)31(38)35-29-16-9-10-19-36(32(29)39)22-24-12-11-15-26(21-24)40-25-13-7-6-8-14-25;1-19(2)18-23(21(26(31)35)16-17-30(3,4)5)28(36)33-27-29(37)34(6)24-15-11-10-14-22(24)25(32-27)20-12-8-7-9-13-20/h6-8,11-15,21,23,27-29H,9-10,16-20,22H2,1-5H3,(H2,34,37)(H,35,38);7-15,19,21,23,27H,16-18H2,1-6H3,(H2,31,35)(H,33,36)/t;21-,23+,27+/m.0/s1. The number of fused-ring (bicyclic) bond motifs is 1. The Balaban J connectivity index is 0.000000285. The summed E-state index contributed by atoms with van der Waals surface area (Å²) in [6.45, 7) is 21.8. The van der Waals surface area contributed by atoms with Gasteiger partial charge >= 0.3 is 0 Å². The summed E-state index contributed by atoms with van der Waals surface area (Å²) in [7, 11) is 1.69. The zero-order valence-electron chi connectivity index (χ0n) is 47.6. The average molecular weight is 1050 g/mol. The van der Waals surface area contributed by atoms with E-state index in [-0.39, 0.29) is 46.3 Å². The Morgan fingerprint density at radius 2 is 1.17 bits per heavy atom. The Morgan fingerprint density at radius 3 is 1.71 bits per heavy atom. The van der Waals surface area contributed by atoms with Crippen molar-refractivity contribution in [3.8, 4) is 11.5 Å². The van der Waals surface area contributed by atoms with Crippen molar-refractivity contribution >= 4 is 46.8 Å². The number of aliphatic imine (C=N–C) groups is 1. The molecule has 0 saturated carbocycles. The SMILES string of the molecule is CC(C)CC(C(=O)NC1CCCCN(Cc2cccc(Oc3ccccc3)c2)C1=O)C(CCC(C)(C)C)C(N)=O.CC(C)C[C@@H](C(=O)N[C@H]1N=C(c2ccccc2)c2ccccc2N(C)C1=O)[C@H](CCC(C)(C)C)C(N)=O. The smallest absolute Gasteiger partial charge is 0.272 e. The molecule has 0 radical (unpaired) electrons. The minimum atomic E-state index is -1.13. The van der Waals surface area contributed by atoms with Gasteiger partial charge in [-0.15, -0.1) is 0 Å². The van der Waals surface area contributed by atoms with Crippen molar-refractivity contribution in [2.45, 2.75) is 146 Å². The molecule has 1 fully saturated rings. The summed E-state index contributed by atoms with van der Waals surface area (Å²) in [4.78, 5) is 87.8. The highest BCUT2D eigenvalue weighted by Crippen LogP contribution is 2.34. The van der Waals surface area contributed by atoms with Crippen LogP contribution in [0.1, 0.15) is 144 Å². The fraction of sp³-hybridized carbons (Fsp3) is 0.508. The van der Waals surface area contributed by atoms with Crippen LogP contribution >= 0.6 is 0 Å². The number of hydrogen-bond acceptors (Lipinski definition) is 8. The lowest BCUT2D eigenvalue weighted by Crippen LogP contribution is -2.50. The van der Waals surface area contributed by atoms with Crippen LogP contribution in [0.3, 0.4) is 0 Å². The molecule has 6 atom stereocenters. The Kier molecular flexibility index (Phi) is 22.2. The minimum absolute atomic E-state index is 0.00677. The summed E-state index contributed by atoms with van der Waals surface area (Å²) < 4.78 is 5.98. The van der Waals surface area contributed by atoms with Gasteiger partial charge in [0.15, 0.2) is 0 Å². The van der Waals surface area contributed by atoms with E-state index in [1.165, 1.54) is 4.90 Å². The lowest BCUT2D eigenvalue weighted by molar-refractivity contribution is -0.139. The maximum absolute atomic E-state index is 13.7. The molecule has 0 spiro atoms.